The third-order valence-electron chi connectivity index (χ3n) is 5.32. The summed E-state index contributed by atoms with van der Waals surface area (Å²) in [4.78, 5) is 37.9. The molecule has 0 spiro atoms. The molecule has 0 saturated carbocycles. The van der Waals surface area contributed by atoms with E-state index in [4.69, 9.17) is 5.73 Å². The molecule has 3 rings (SSSR count). The Labute approximate surface area is 146 Å². The fraction of sp³-hybridized carbons (Fsp3) is 0.500. The second-order valence-corrected chi connectivity index (χ2v) is 7.10. The molecule has 0 aliphatic carbocycles. The first kappa shape index (κ1) is 17.4. The van der Waals surface area contributed by atoms with Crippen LogP contribution in [0.3, 0.4) is 0 Å². The summed E-state index contributed by atoms with van der Waals surface area (Å²) < 4.78 is 0. The molecule has 7 heteroatoms. The van der Waals surface area contributed by atoms with Crippen LogP contribution in [0, 0.1) is 5.92 Å². The van der Waals surface area contributed by atoms with Gasteiger partial charge in [-0.25, -0.2) is 4.79 Å². The number of imide groups is 1. The zero-order chi connectivity index (χ0) is 18.2. The predicted molar refractivity (Wildman–Crippen MR) is 92.7 cm³/mol. The smallest absolute Gasteiger partial charge is 0.322 e. The summed E-state index contributed by atoms with van der Waals surface area (Å²) >= 11 is 0. The maximum Gasteiger partial charge on any atom is 0.322 e. The van der Waals surface area contributed by atoms with Gasteiger partial charge in [0.25, 0.3) is 11.8 Å². The van der Waals surface area contributed by atoms with Gasteiger partial charge in [-0.15, -0.1) is 0 Å². The number of hydrogen-bond acceptors (Lipinski definition) is 4. The molecule has 25 heavy (non-hydrogen) atoms. The van der Waals surface area contributed by atoms with E-state index in [1.807, 2.05) is 11.8 Å². The second-order valence-electron chi connectivity index (χ2n) is 7.10. The number of piperidine rings is 1. The third-order valence-corrected chi connectivity index (χ3v) is 5.32. The first-order valence-electron chi connectivity index (χ1n) is 8.60. The molecule has 0 radical (unpaired) electrons. The number of benzene rings is 1. The fourth-order valence-electron chi connectivity index (χ4n) is 3.50. The summed E-state index contributed by atoms with van der Waals surface area (Å²) in [6.07, 6.45) is 1.84. The molecule has 4 N–H and O–H groups in total. The lowest BCUT2D eigenvalue weighted by Crippen LogP contribution is -2.42. The molecule has 0 aromatic heterocycles. The van der Waals surface area contributed by atoms with Gasteiger partial charge in [0, 0.05) is 24.7 Å². The summed E-state index contributed by atoms with van der Waals surface area (Å²) in [6, 6.07) is 6.49. The Morgan fingerprint density at radius 3 is 2.32 bits per heavy atom. The molecule has 2 aliphatic rings. The SMILES string of the molecule is CC(N)C1CCN(C(=O)c2ccc(C3(C)NC(=O)NC3=O)cc2)CC1. The molecular formula is C18H24N4O3. The van der Waals surface area contributed by atoms with Crippen molar-refractivity contribution in [2.24, 2.45) is 11.7 Å². The Hall–Kier alpha value is -2.41. The number of carbonyl (C=O) groups is 3. The van der Waals surface area contributed by atoms with E-state index >= 15 is 0 Å². The molecule has 7 nitrogen and oxygen atoms in total. The maximum absolute atomic E-state index is 12.7. The molecular weight excluding hydrogens is 320 g/mol. The molecule has 2 unspecified atom stereocenters. The van der Waals surface area contributed by atoms with Gasteiger partial charge in [-0.3, -0.25) is 14.9 Å². The normalized spacial score (nSPS) is 25.5. The van der Waals surface area contributed by atoms with E-state index in [0.29, 0.717) is 30.1 Å². The number of nitrogens with two attached hydrogens (primary N) is 1. The number of likely N-dealkylation sites (tertiary alicyclic amines) is 1. The number of nitrogens with one attached hydrogen (secondary N) is 2. The molecule has 2 saturated heterocycles. The Morgan fingerprint density at radius 2 is 1.84 bits per heavy atom. The van der Waals surface area contributed by atoms with Gasteiger partial charge in [-0.05, 0) is 50.3 Å². The number of rotatable bonds is 3. The van der Waals surface area contributed by atoms with Gasteiger partial charge in [-0.2, -0.15) is 0 Å². The van der Waals surface area contributed by atoms with Crippen molar-refractivity contribution in [2.45, 2.75) is 38.3 Å². The topological polar surface area (TPSA) is 105 Å². The van der Waals surface area contributed by atoms with Gasteiger partial charge < -0.3 is 16.0 Å². The number of carbonyl (C=O) groups excluding carboxylic acids is 3. The van der Waals surface area contributed by atoms with E-state index in [9.17, 15) is 14.4 Å². The molecule has 4 amide bonds. The number of urea groups is 1. The highest BCUT2D eigenvalue weighted by atomic mass is 16.2. The van der Waals surface area contributed by atoms with Crippen molar-refractivity contribution in [2.75, 3.05) is 13.1 Å². The van der Waals surface area contributed by atoms with Crippen molar-refractivity contribution < 1.29 is 14.4 Å². The van der Waals surface area contributed by atoms with Crippen LogP contribution >= 0.6 is 0 Å². The average molecular weight is 344 g/mol. The van der Waals surface area contributed by atoms with Crippen LogP contribution in [0.15, 0.2) is 24.3 Å². The average Bonchev–Trinajstić information content (AvgIpc) is 2.87. The third kappa shape index (κ3) is 3.24. The molecule has 2 heterocycles. The number of nitrogens with zero attached hydrogens (tertiary/aromatic N) is 1. The van der Waals surface area contributed by atoms with Gasteiger partial charge >= 0.3 is 6.03 Å². The van der Waals surface area contributed by atoms with E-state index in [0.717, 1.165) is 12.8 Å². The minimum Gasteiger partial charge on any atom is -0.339 e. The fourth-order valence-corrected chi connectivity index (χ4v) is 3.50. The Morgan fingerprint density at radius 1 is 1.24 bits per heavy atom. The van der Waals surface area contributed by atoms with Gasteiger partial charge in [0.15, 0.2) is 0 Å². The van der Waals surface area contributed by atoms with Crippen LogP contribution in [0.2, 0.25) is 0 Å². The van der Waals surface area contributed by atoms with E-state index in [1.165, 1.54) is 0 Å². The molecule has 0 bridgehead atoms. The lowest BCUT2D eigenvalue weighted by Gasteiger charge is -2.33. The maximum atomic E-state index is 12.7. The first-order chi connectivity index (χ1) is 11.8. The summed E-state index contributed by atoms with van der Waals surface area (Å²) in [5.41, 5.74) is 6.06. The summed E-state index contributed by atoms with van der Waals surface area (Å²) in [6.45, 7) is 5.08. The first-order valence-corrected chi connectivity index (χ1v) is 8.60. The number of amides is 4. The lowest BCUT2D eigenvalue weighted by molar-refractivity contribution is -0.123. The van der Waals surface area contributed by atoms with Crippen LogP contribution in [0.5, 0.6) is 0 Å². The van der Waals surface area contributed by atoms with E-state index in [1.54, 1.807) is 31.2 Å². The highest BCUT2D eigenvalue weighted by Crippen LogP contribution is 2.26. The van der Waals surface area contributed by atoms with Crippen LogP contribution in [0.4, 0.5) is 4.79 Å². The van der Waals surface area contributed by atoms with Gasteiger partial charge in [0.2, 0.25) is 0 Å². The van der Waals surface area contributed by atoms with Crippen molar-refractivity contribution in [3.8, 4) is 0 Å². The van der Waals surface area contributed by atoms with Crippen LogP contribution in [-0.4, -0.2) is 41.9 Å². The minimum absolute atomic E-state index is 0.0141. The van der Waals surface area contributed by atoms with E-state index in [-0.39, 0.29) is 11.9 Å². The minimum atomic E-state index is -1.10. The zero-order valence-corrected chi connectivity index (χ0v) is 14.5. The lowest BCUT2D eigenvalue weighted by atomic mass is 9.90. The number of hydrogen-bond donors (Lipinski definition) is 3. The quantitative estimate of drug-likeness (QED) is 0.710. The van der Waals surface area contributed by atoms with Crippen LogP contribution in [0.1, 0.15) is 42.6 Å². The highest BCUT2D eigenvalue weighted by molar-refractivity contribution is 6.07. The molecule has 1 aromatic carbocycles. The Bertz CT molecular complexity index is 693. The monoisotopic (exact) mass is 344 g/mol. The van der Waals surface area contributed by atoms with Gasteiger partial charge in [0.1, 0.15) is 5.54 Å². The molecule has 2 fully saturated rings. The zero-order valence-electron chi connectivity index (χ0n) is 14.5. The predicted octanol–water partition coefficient (Wildman–Crippen LogP) is 0.941. The second kappa shape index (κ2) is 6.48. The van der Waals surface area contributed by atoms with Crippen LogP contribution < -0.4 is 16.4 Å². The van der Waals surface area contributed by atoms with Crippen LogP contribution in [-0.2, 0) is 10.3 Å². The standard InChI is InChI=1S/C18H24N4O3/c1-11(19)12-7-9-22(10-8-12)15(23)13-3-5-14(6-4-13)18(2)16(24)20-17(25)21-18/h3-6,11-12H,7-10,19H2,1-2H3,(H2,20,21,24,25). The molecule has 2 atom stereocenters. The van der Waals surface area contributed by atoms with Gasteiger partial charge in [0.05, 0.1) is 0 Å². The Kier molecular flexibility index (Phi) is 4.51. The van der Waals surface area contributed by atoms with Crippen molar-refractivity contribution in [1.82, 2.24) is 15.5 Å². The van der Waals surface area contributed by atoms with Crippen LogP contribution in [0.25, 0.3) is 0 Å². The van der Waals surface area contributed by atoms with E-state index < -0.39 is 17.5 Å². The molecule has 134 valence electrons. The summed E-state index contributed by atoms with van der Waals surface area (Å²) in [5.74, 6) is 0.0603. The summed E-state index contributed by atoms with van der Waals surface area (Å²) in [7, 11) is 0. The Balaban J connectivity index is 1.70. The molecule has 1 aromatic rings. The van der Waals surface area contributed by atoms with Gasteiger partial charge in [-0.1, -0.05) is 12.1 Å². The van der Waals surface area contributed by atoms with Crippen molar-refractivity contribution in [3.63, 3.8) is 0 Å². The highest BCUT2D eigenvalue weighted by Gasteiger charge is 2.43. The van der Waals surface area contributed by atoms with E-state index in [2.05, 4.69) is 10.6 Å². The van der Waals surface area contributed by atoms with Crippen molar-refractivity contribution >= 4 is 17.8 Å². The summed E-state index contributed by atoms with van der Waals surface area (Å²) in [5, 5.41) is 4.85. The largest absolute Gasteiger partial charge is 0.339 e. The molecule has 2 aliphatic heterocycles. The van der Waals surface area contributed by atoms with Crippen molar-refractivity contribution in [3.05, 3.63) is 35.4 Å². The van der Waals surface area contributed by atoms with Crippen molar-refractivity contribution in [1.29, 1.82) is 0 Å².